The lowest BCUT2D eigenvalue weighted by Gasteiger charge is -2.36. The highest BCUT2D eigenvalue weighted by atomic mass is 35.5. The Morgan fingerprint density at radius 3 is 2.34 bits per heavy atom. The molecule has 2 rings (SSSR count). The van der Waals surface area contributed by atoms with Crippen molar-refractivity contribution in [3.63, 3.8) is 0 Å². The van der Waals surface area contributed by atoms with Gasteiger partial charge in [0.15, 0.2) is 13.1 Å². The van der Waals surface area contributed by atoms with E-state index in [0.717, 1.165) is 4.90 Å². The highest BCUT2D eigenvalue weighted by molar-refractivity contribution is 6.30. The molecule has 1 N–H and O–H groups in total. The van der Waals surface area contributed by atoms with Crippen molar-refractivity contribution in [2.75, 3.05) is 64.3 Å². The van der Waals surface area contributed by atoms with E-state index in [2.05, 4.69) is 0 Å². The molecule has 0 radical (unpaired) electrons. The SMILES string of the molecule is CCN(CC)C(=O)C[NH+](C)CC(=O)N1CCN(c2ccc(Cl)cc2[N+](=O)[O-])CC1. The fourth-order valence-corrected chi connectivity index (χ4v) is 3.65. The summed E-state index contributed by atoms with van der Waals surface area (Å²) in [6.45, 7) is 7.70. The van der Waals surface area contributed by atoms with Gasteiger partial charge >= 0.3 is 0 Å². The van der Waals surface area contributed by atoms with Gasteiger partial charge in [-0.1, -0.05) is 11.6 Å². The van der Waals surface area contributed by atoms with Gasteiger partial charge in [-0.3, -0.25) is 19.7 Å². The number of carbonyl (C=O) groups is 2. The van der Waals surface area contributed by atoms with Gasteiger partial charge in [0, 0.05) is 50.4 Å². The van der Waals surface area contributed by atoms with Gasteiger partial charge in [-0.25, -0.2) is 0 Å². The number of nitrogens with one attached hydrogen (secondary N) is 1. The van der Waals surface area contributed by atoms with E-state index in [1.807, 2.05) is 25.8 Å². The lowest BCUT2D eigenvalue weighted by molar-refractivity contribution is -0.863. The summed E-state index contributed by atoms with van der Waals surface area (Å²) >= 11 is 5.88. The number of nitrogens with zero attached hydrogens (tertiary/aromatic N) is 4. The number of nitro benzene ring substituents is 1. The Kier molecular flexibility index (Phi) is 8.21. The maximum atomic E-state index is 12.6. The summed E-state index contributed by atoms with van der Waals surface area (Å²) in [4.78, 5) is 41.9. The summed E-state index contributed by atoms with van der Waals surface area (Å²) in [7, 11) is 1.84. The molecule has 29 heavy (non-hydrogen) atoms. The summed E-state index contributed by atoms with van der Waals surface area (Å²) in [5, 5.41) is 11.6. The smallest absolute Gasteiger partial charge is 0.294 e. The van der Waals surface area contributed by atoms with Crippen molar-refractivity contribution in [3.8, 4) is 0 Å². The first kappa shape index (κ1) is 22.9. The number of rotatable bonds is 8. The molecule has 0 bridgehead atoms. The van der Waals surface area contributed by atoms with E-state index in [-0.39, 0.29) is 30.6 Å². The number of hydrogen-bond donors (Lipinski definition) is 1. The van der Waals surface area contributed by atoms with Crippen LogP contribution in [0, 0.1) is 10.1 Å². The second-order valence-corrected chi connectivity index (χ2v) is 7.57. The molecule has 0 saturated carbocycles. The Hall–Kier alpha value is -2.39. The van der Waals surface area contributed by atoms with Crippen molar-refractivity contribution >= 4 is 34.8 Å². The number of halogens is 1. The monoisotopic (exact) mass is 426 g/mol. The van der Waals surface area contributed by atoms with Crippen molar-refractivity contribution in [1.82, 2.24) is 9.80 Å². The maximum Gasteiger partial charge on any atom is 0.294 e. The predicted molar refractivity (Wildman–Crippen MR) is 111 cm³/mol. The third-order valence-corrected chi connectivity index (χ3v) is 5.36. The van der Waals surface area contributed by atoms with Crippen LogP contribution >= 0.6 is 11.6 Å². The fraction of sp³-hybridized carbons (Fsp3) is 0.579. The fourth-order valence-electron chi connectivity index (χ4n) is 3.49. The number of anilines is 1. The quantitative estimate of drug-likeness (QED) is 0.476. The molecule has 10 heteroatoms. The number of nitro groups is 1. The first-order valence-corrected chi connectivity index (χ1v) is 10.2. The molecule has 0 spiro atoms. The van der Waals surface area contributed by atoms with Crippen molar-refractivity contribution < 1.29 is 19.4 Å². The van der Waals surface area contributed by atoms with Gasteiger partial charge < -0.3 is 19.6 Å². The highest BCUT2D eigenvalue weighted by Gasteiger charge is 2.27. The molecule has 1 fully saturated rings. The zero-order valence-electron chi connectivity index (χ0n) is 17.2. The van der Waals surface area contributed by atoms with Crippen molar-refractivity contribution in [2.45, 2.75) is 13.8 Å². The van der Waals surface area contributed by atoms with E-state index >= 15 is 0 Å². The van der Waals surface area contributed by atoms with E-state index in [1.165, 1.54) is 6.07 Å². The first-order valence-electron chi connectivity index (χ1n) is 9.82. The molecule has 160 valence electrons. The van der Waals surface area contributed by atoms with Crippen LogP contribution in [0.4, 0.5) is 11.4 Å². The lowest BCUT2D eigenvalue weighted by Crippen LogP contribution is -3.11. The summed E-state index contributed by atoms with van der Waals surface area (Å²) in [6.07, 6.45) is 0. The van der Waals surface area contributed by atoms with Gasteiger partial charge in [0.05, 0.1) is 12.0 Å². The molecule has 1 saturated heterocycles. The number of quaternary nitrogens is 1. The van der Waals surface area contributed by atoms with E-state index in [4.69, 9.17) is 11.6 Å². The van der Waals surface area contributed by atoms with Crippen LogP contribution in [0.3, 0.4) is 0 Å². The van der Waals surface area contributed by atoms with Gasteiger partial charge in [0.1, 0.15) is 5.69 Å². The Balaban J connectivity index is 1.90. The second kappa shape index (κ2) is 10.4. The zero-order valence-corrected chi connectivity index (χ0v) is 17.9. The van der Waals surface area contributed by atoms with E-state index in [1.54, 1.807) is 21.9 Å². The third kappa shape index (κ3) is 6.04. The van der Waals surface area contributed by atoms with E-state index in [0.29, 0.717) is 50.0 Å². The van der Waals surface area contributed by atoms with Crippen LogP contribution in [0.5, 0.6) is 0 Å². The standard InChI is InChI=1S/C19H28ClN5O4/c1-4-22(5-2)18(26)13-21(3)14-19(27)24-10-8-23(9-11-24)16-7-6-15(20)12-17(16)25(28)29/h6-7,12H,4-5,8-11,13-14H2,1-3H3/p+1. The Labute approximate surface area is 175 Å². The van der Waals surface area contributed by atoms with Crippen molar-refractivity contribution in [2.24, 2.45) is 0 Å². The summed E-state index contributed by atoms with van der Waals surface area (Å²) in [6, 6.07) is 4.63. The molecule has 1 aliphatic heterocycles. The third-order valence-electron chi connectivity index (χ3n) is 5.13. The highest BCUT2D eigenvalue weighted by Crippen LogP contribution is 2.31. The predicted octanol–water partition coefficient (Wildman–Crippen LogP) is 0.280. The van der Waals surface area contributed by atoms with E-state index in [9.17, 15) is 19.7 Å². The molecular formula is C19H29ClN5O4+. The summed E-state index contributed by atoms with van der Waals surface area (Å²) in [5.74, 6) is 0.0280. The van der Waals surface area contributed by atoms with Crippen LogP contribution < -0.4 is 9.80 Å². The van der Waals surface area contributed by atoms with Gasteiger partial charge in [-0.15, -0.1) is 0 Å². The molecule has 0 aliphatic carbocycles. The van der Waals surface area contributed by atoms with Crippen LogP contribution in [0.15, 0.2) is 18.2 Å². The molecule has 1 heterocycles. The largest absolute Gasteiger partial charge is 0.362 e. The molecule has 1 aromatic rings. The minimum absolute atomic E-state index is 0.0138. The average molecular weight is 427 g/mol. The zero-order chi connectivity index (χ0) is 21.6. The number of benzene rings is 1. The van der Waals surface area contributed by atoms with Gasteiger partial charge in [-0.2, -0.15) is 0 Å². The average Bonchev–Trinajstić information content (AvgIpc) is 2.68. The number of carbonyl (C=O) groups excluding carboxylic acids is 2. The minimum Gasteiger partial charge on any atom is -0.362 e. The minimum atomic E-state index is -0.441. The Bertz CT molecular complexity index is 748. The van der Waals surface area contributed by atoms with Crippen LogP contribution in [-0.2, 0) is 9.59 Å². The number of piperazine rings is 1. The van der Waals surface area contributed by atoms with Gasteiger partial charge in [-0.05, 0) is 26.0 Å². The molecule has 1 atom stereocenters. The molecule has 1 aromatic carbocycles. The Morgan fingerprint density at radius 2 is 1.79 bits per heavy atom. The summed E-state index contributed by atoms with van der Waals surface area (Å²) in [5.41, 5.74) is 0.482. The van der Waals surface area contributed by atoms with Gasteiger partial charge in [0.25, 0.3) is 17.5 Å². The number of likely N-dealkylation sites (N-methyl/N-ethyl adjacent to an activating group) is 2. The first-order chi connectivity index (χ1) is 13.8. The number of amides is 2. The number of hydrogen-bond acceptors (Lipinski definition) is 5. The van der Waals surface area contributed by atoms with E-state index < -0.39 is 4.92 Å². The molecule has 0 aromatic heterocycles. The van der Waals surface area contributed by atoms with Crippen molar-refractivity contribution in [3.05, 3.63) is 33.3 Å². The molecule has 9 nitrogen and oxygen atoms in total. The van der Waals surface area contributed by atoms with Gasteiger partial charge in [0.2, 0.25) is 0 Å². The molecule has 1 unspecified atom stereocenters. The molecular weight excluding hydrogens is 398 g/mol. The topological polar surface area (TPSA) is 91.4 Å². The maximum absolute atomic E-state index is 12.6. The van der Waals surface area contributed by atoms with Crippen LogP contribution in [-0.4, -0.2) is 85.9 Å². The molecule has 2 amide bonds. The van der Waals surface area contributed by atoms with Crippen LogP contribution in [0.25, 0.3) is 0 Å². The normalized spacial score (nSPS) is 15.2. The second-order valence-electron chi connectivity index (χ2n) is 7.13. The van der Waals surface area contributed by atoms with Crippen molar-refractivity contribution in [1.29, 1.82) is 0 Å². The van der Waals surface area contributed by atoms with Crippen LogP contribution in [0.2, 0.25) is 5.02 Å². The Morgan fingerprint density at radius 1 is 1.17 bits per heavy atom. The molecule has 1 aliphatic rings. The van der Waals surface area contributed by atoms with Crippen LogP contribution in [0.1, 0.15) is 13.8 Å². The summed E-state index contributed by atoms with van der Waals surface area (Å²) < 4.78 is 0. The lowest BCUT2D eigenvalue weighted by atomic mass is 10.2.